The summed E-state index contributed by atoms with van der Waals surface area (Å²) >= 11 is 1.42. The van der Waals surface area contributed by atoms with Crippen molar-refractivity contribution in [3.63, 3.8) is 0 Å². The maximum Gasteiger partial charge on any atom is 0.437 e. The van der Waals surface area contributed by atoms with Gasteiger partial charge in [0.15, 0.2) is 0 Å². The molecule has 2 atom stereocenters. The Kier molecular flexibility index (Phi) is 4.39. The third-order valence-electron chi connectivity index (χ3n) is 3.54. The highest BCUT2D eigenvalue weighted by atomic mass is 32.1. The molecule has 0 spiro atoms. The van der Waals surface area contributed by atoms with Crippen molar-refractivity contribution >= 4 is 17.2 Å². The maximum atomic E-state index is 12.0. The fraction of sp³-hybridized carbons (Fsp3) is 0.500. The van der Waals surface area contributed by atoms with Crippen LogP contribution in [0.2, 0.25) is 0 Å². The summed E-state index contributed by atoms with van der Waals surface area (Å²) in [7, 11) is 0. The third kappa shape index (κ3) is 3.28. The molecule has 0 bridgehead atoms. The first kappa shape index (κ1) is 15.0. The molecule has 0 aromatic carbocycles. The molecule has 3 rings (SSSR count). The summed E-state index contributed by atoms with van der Waals surface area (Å²) < 4.78 is 11.6. The fourth-order valence-corrected chi connectivity index (χ4v) is 3.08. The van der Waals surface area contributed by atoms with E-state index in [1.165, 1.54) is 11.3 Å². The van der Waals surface area contributed by atoms with Gasteiger partial charge in [0.05, 0.1) is 17.0 Å². The van der Waals surface area contributed by atoms with Crippen LogP contribution in [0.3, 0.4) is 0 Å². The number of hydrogen-bond acceptors (Lipinski definition) is 6. The van der Waals surface area contributed by atoms with Crippen LogP contribution < -0.4 is 11.1 Å². The lowest BCUT2D eigenvalue weighted by Gasteiger charge is -2.19. The lowest BCUT2D eigenvalue weighted by molar-refractivity contribution is -0.123. The molecule has 1 aliphatic heterocycles. The zero-order valence-electron chi connectivity index (χ0n) is 12.2. The number of ether oxygens (including phenoxy) is 1. The molecule has 0 saturated carbocycles. The monoisotopic (exact) mass is 323 g/mol. The Morgan fingerprint density at radius 2 is 2.50 bits per heavy atom. The Bertz CT molecular complexity index is 685. The zero-order valence-corrected chi connectivity index (χ0v) is 13.0. The van der Waals surface area contributed by atoms with Crippen molar-refractivity contribution in [3.8, 4) is 10.8 Å². The van der Waals surface area contributed by atoms with Crippen molar-refractivity contribution in [1.29, 1.82) is 0 Å². The number of rotatable bonds is 5. The van der Waals surface area contributed by atoms with E-state index < -0.39 is 5.76 Å². The van der Waals surface area contributed by atoms with Gasteiger partial charge in [-0.1, -0.05) is 6.07 Å². The smallest absolute Gasteiger partial charge is 0.387 e. The second-order valence-corrected chi connectivity index (χ2v) is 6.16. The van der Waals surface area contributed by atoms with E-state index in [9.17, 15) is 9.59 Å². The minimum Gasteiger partial charge on any atom is -0.387 e. The van der Waals surface area contributed by atoms with E-state index in [-0.39, 0.29) is 30.5 Å². The van der Waals surface area contributed by atoms with Crippen LogP contribution in [0.4, 0.5) is 0 Å². The molecule has 3 heterocycles. The van der Waals surface area contributed by atoms with Crippen LogP contribution in [0.5, 0.6) is 0 Å². The largest absolute Gasteiger partial charge is 0.437 e. The number of nitrogens with zero attached hydrogens (tertiary/aromatic N) is 2. The number of thiophene rings is 1. The first-order valence-corrected chi connectivity index (χ1v) is 8.04. The summed E-state index contributed by atoms with van der Waals surface area (Å²) in [5.74, 6) is -0.681. The molecule has 1 saturated heterocycles. The topological polar surface area (TPSA) is 86.4 Å². The van der Waals surface area contributed by atoms with Gasteiger partial charge in [0.2, 0.25) is 5.91 Å². The third-order valence-corrected chi connectivity index (χ3v) is 4.40. The van der Waals surface area contributed by atoms with Gasteiger partial charge in [-0.05, 0) is 31.2 Å². The molecule has 1 aliphatic rings. The number of carbonyl (C=O) groups excluding carboxylic acids is 1. The predicted molar refractivity (Wildman–Crippen MR) is 80.7 cm³/mol. The summed E-state index contributed by atoms with van der Waals surface area (Å²) in [6.45, 7) is 2.47. The van der Waals surface area contributed by atoms with Gasteiger partial charge in [-0.25, -0.2) is 4.79 Å². The van der Waals surface area contributed by atoms with Gasteiger partial charge in [0, 0.05) is 6.61 Å². The van der Waals surface area contributed by atoms with Gasteiger partial charge in [0.25, 0.3) is 5.89 Å². The molecule has 1 amide bonds. The minimum atomic E-state index is -0.636. The molecule has 118 valence electrons. The highest BCUT2D eigenvalue weighted by Crippen LogP contribution is 2.21. The molecule has 0 radical (unpaired) electrons. The van der Waals surface area contributed by atoms with E-state index in [1.807, 2.05) is 18.4 Å². The van der Waals surface area contributed by atoms with Crippen LogP contribution in [0.1, 0.15) is 19.8 Å². The Labute approximate surface area is 130 Å². The van der Waals surface area contributed by atoms with Crippen molar-refractivity contribution in [2.24, 2.45) is 0 Å². The van der Waals surface area contributed by atoms with Crippen molar-refractivity contribution in [3.05, 3.63) is 28.1 Å². The average Bonchev–Trinajstić information content (AvgIpc) is 3.19. The average molecular weight is 323 g/mol. The predicted octanol–water partition coefficient (Wildman–Crippen LogP) is 1.25. The molecule has 0 aliphatic carbocycles. The van der Waals surface area contributed by atoms with Gasteiger partial charge in [-0.2, -0.15) is 4.68 Å². The summed E-state index contributed by atoms with van der Waals surface area (Å²) in [5, 5.41) is 8.76. The van der Waals surface area contributed by atoms with Crippen molar-refractivity contribution in [2.45, 2.75) is 38.5 Å². The SMILES string of the molecule is C[C@@H](NC(=O)Cn1nc(-c2cccs2)oc1=O)[C@@H]1CCCO1. The Balaban J connectivity index is 1.63. The highest BCUT2D eigenvalue weighted by Gasteiger charge is 2.24. The lowest BCUT2D eigenvalue weighted by Crippen LogP contribution is -2.43. The summed E-state index contributed by atoms with van der Waals surface area (Å²) in [4.78, 5) is 24.5. The van der Waals surface area contributed by atoms with Gasteiger partial charge in [-0.3, -0.25) is 4.79 Å². The van der Waals surface area contributed by atoms with Crippen molar-refractivity contribution in [1.82, 2.24) is 15.1 Å². The number of hydrogen-bond donors (Lipinski definition) is 1. The first-order valence-electron chi connectivity index (χ1n) is 7.16. The van der Waals surface area contributed by atoms with Crippen LogP contribution in [0.15, 0.2) is 26.7 Å². The first-order chi connectivity index (χ1) is 10.6. The van der Waals surface area contributed by atoms with E-state index in [4.69, 9.17) is 9.15 Å². The molecular formula is C14H17N3O4S. The summed E-state index contributed by atoms with van der Waals surface area (Å²) in [5.41, 5.74) is 0. The van der Waals surface area contributed by atoms with E-state index >= 15 is 0 Å². The lowest BCUT2D eigenvalue weighted by atomic mass is 10.1. The molecule has 1 N–H and O–H groups in total. The molecule has 2 aromatic rings. The number of carbonyl (C=O) groups is 1. The van der Waals surface area contributed by atoms with Gasteiger partial charge >= 0.3 is 5.76 Å². The van der Waals surface area contributed by atoms with Crippen LogP contribution in [-0.2, 0) is 16.1 Å². The molecule has 2 aromatic heterocycles. The molecule has 7 nitrogen and oxygen atoms in total. The summed E-state index contributed by atoms with van der Waals surface area (Å²) in [6, 6.07) is 3.56. The quantitative estimate of drug-likeness (QED) is 0.895. The minimum absolute atomic E-state index is 0.0414. The Hall–Kier alpha value is -1.93. The van der Waals surface area contributed by atoms with Crippen LogP contribution in [0, 0.1) is 0 Å². The van der Waals surface area contributed by atoms with Crippen LogP contribution in [0.25, 0.3) is 10.8 Å². The van der Waals surface area contributed by atoms with Gasteiger partial charge in [0.1, 0.15) is 6.54 Å². The van der Waals surface area contributed by atoms with E-state index in [1.54, 1.807) is 6.07 Å². The second kappa shape index (κ2) is 6.45. The molecule has 0 unspecified atom stereocenters. The standard InChI is InChI=1S/C14H17N3O4S/c1-9(10-4-2-6-20-10)15-12(18)8-17-14(19)21-13(16-17)11-5-3-7-22-11/h3,5,7,9-10H,2,4,6,8H2,1H3,(H,15,18)/t9-,10+/m1/s1. The molecular weight excluding hydrogens is 306 g/mol. The van der Waals surface area contributed by atoms with E-state index in [2.05, 4.69) is 10.4 Å². The maximum absolute atomic E-state index is 12.0. The molecule has 8 heteroatoms. The van der Waals surface area contributed by atoms with Crippen LogP contribution >= 0.6 is 11.3 Å². The van der Waals surface area contributed by atoms with Gasteiger partial charge < -0.3 is 14.5 Å². The van der Waals surface area contributed by atoms with E-state index in [0.717, 1.165) is 29.0 Å². The fourth-order valence-electron chi connectivity index (χ4n) is 2.43. The zero-order chi connectivity index (χ0) is 15.5. The Morgan fingerprint density at radius 1 is 1.64 bits per heavy atom. The van der Waals surface area contributed by atoms with Crippen molar-refractivity contribution < 1.29 is 13.9 Å². The Morgan fingerprint density at radius 3 is 3.18 bits per heavy atom. The van der Waals surface area contributed by atoms with E-state index in [0.29, 0.717) is 0 Å². The molecule has 22 heavy (non-hydrogen) atoms. The summed E-state index contributed by atoms with van der Waals surface area (Å²) in [6.07, 6.45) is 1.99. The number of nitrogens with one attached hydrogen (secondary N) is 1. The van der Waals surface area contributed by atoms with Gasteiger partial charge in [-0.15, -0.1) is 16.4 Å². The highest BCUT2D eigenvalue weighted by molar-refractivity contribution is 7.13. The number of amides is 1. The molecule has 1 fully saturated rings. The van der Waals surface area contributed by atoms with Crippen LogP contribution in [-0.4, -0.2) is 34.4 Å². The number of aromatic nitrogens is 2. The second-order valence-electron chi connectivity index (χ2n) is 5.22. The normalized spacial score (nSPS) is 19.2. The van der Waals surface area contributed by atoms with Crippen molar-refractivity contribution in [2.75, 3.05) is 6.61 Å².